The van der Waals surface area contributed by atoms with Crippen molar-refractivity contribution in [1.29, 1.82) is 0 Å². The molecule has 0 aliphatic carbocycles. The number of benzene rings is 2. The zero-order chi connectivity index (χ0) is 30.9. The molecule has 0 aromatic heterocycles. The lowest BCUT2D eigenvalue weighted by Gasteiger charge is -2.37. The summed E-state index contributed by atoms with van der Waals surface area (Å²) in [6.45, 7) is 15.3. The predicted molar refractivity (Wildman–Crippen MR) is 167 cm³/mol. The fourth-order valence-corrected chi connectivity index (χ4v) is 6.34. The number of rotatable bonds is 16. The molecule has 1 unspecified atom stereocenters. The lowest BCUT2D eigenvalue weighted by Crippen LogP contribution is -2.40. The molecule has 2 atom stereocenters. The van der Waals surface area contributed by atoms with E-state index in [1.54, 1.807) is 6.92 Å². The van der Waals surface area contributed by atoms with Gasteiger partial charge in [-0.2, -0.15) is 0 Å². The highest BCUT2D eigenvalue weighted by Gasteiger charge is 2.42. The van der Waals surface area contributed by atoms with Gasteiger partial charge in [0.05, 0.1) is 13.2 Å². The molecule has 0 saturated carbocycles. The first-order valence-electron chi connectivity index (χ1n) is 15.5. The maximum atomic E-state index is 14.3. The molecule has 0 spiro atoms. The molecule has 1 heterocycles. The number of Topliss-reactive ketones (excluding diaryl/α,β-unsaturated/α-hetero) is 3. The van der Waals surface area contributed by atoms with Gasteiger partial charge < -0.3 is 14.2 Å². The summed E-state index contributed by atoms with van der Waals surface area (Å²) in [6.07, 6.45) is 3.82. The zero-order valence-corrected chi connectivity index (χ0v) is 26.7. The highest BCUT2D eigenvalue weighted by Crippen LogP contribution is 2.43. The van der Waals surface area contributed by atoms with Crippen LogP contribution in [0.5, 0.6) is 11.5 Å². The highest BCUT2D eigenvalue weighted by atomic mass is 16.5. The Morgan fingerprint density at radius 3 is 2.02 bits per heavy atom. The van der Waals surface area contributed by atoms with Gasteiger partial charge in [0.25, 0.3) is 0 Å². The summed E-state index contributed by atoms with van der Waals surface area (Å²) in [4.78, 5) is 39.8. The Hall–Kier alpha value is -2.99. The van der Waals surface area contributed by atoms with E-state index in [1.807, 2.05) is 32.0 Å². The van der Waals surface area contributed by atoms with E-state index in [1.165, 1.54) is 12.5 Å². The minimum Gasteiger partial charge on any atom is -0.493 e. The number of ether oxygens (including phenoxy) is 3. The largest absolute Gasteiger partial charge is 0.493 e. The van der Waals surface area contributed by atoms with Crippen LogP contribution in [0.25, 0.3) is 0 Å². The molecular formula is C36H50O6. The Labute approximate surface area is 252 Å². The van der Waals surface area contributed by atoms with Crippen LogP contribution in [0.15, 0.2) is 42.5 Å². The van der Waals surface area contributed by atoms with Crippen LogP contribution in [0.1, 0.15) is 108 Å². The molecule has 1 aliphatic rings. The van der Waals surface area contributed by atoms with Gasteiger partial charge in [0.1, 0.15) is 28.6 Å². The third-order valence-corrected chi connectivity index (χ3v) is 8.95. The maximum absolute atomic E-state index is 14.3. The molecule has 2 aromatic rings. The zero-order valence-electron chi connectivity index (χ0n) is 26.7. The Morgan fingerprint density at radius 2 is 1.52 bits per heavy atom. The fraction of sp³-hybridized carbons (Fsp3) is 0.583. The second-order valence-electron chi connectivity index (χ2n) is 12.7. The number of carbonyl (C=O) groups excluding carboxylic acids is 3. The van der Waals surface area contributed by atoms with Crippen molar-refractivity contribution in [3.05, 3.63) is 59.2 Å². The highest BCUT2D eigenvalue weighted by molar-refractivity contribution is 6.00. The second-order valence-corrected chi connectivity index (χ2v) is 12.7. The molecule has 0 amide bonds. The molecule has 0 radical (unpaired) electrons. The first-order valence-corrected chi connectivity index (χ1v) is 15.5. The van der Waals surface area contributed by atoms with E-state index in [0.29, 0.717) is 62.8 Å². The molecule has 1 fully saturated rings. The van der Waals surface area contributed by atoms with Crippen LogP contribution in [0, 0.1) is 16.7 Å². The van der Waals surface area contributed by atoms with E-state index in [2.05, 4.69) is 45.0 Å². The van der Waals surface area contributed by atoms with Gasteiger partial charge in [-0.3, -0.25) is 14.4 Å². The van der Waals surface area contributed by atoms with Crippen molar-refractivity contribution in [2.45, 2.75) is 92.9 Å². The van der Waals surface area contributed by atoms with Crippen molar-refractivity contribution in [1.82, 2.24) is 0 Å². The smallest absolute Gasteiger partial charge is 0.167 e. The van der Waals surface area contributed by atoms with Crippen molar-refractivity contribution in [2.75, 3.05) is 26.4 Å². The van der Waals surface area contributed by atoms with Gasteiger partial charge in [0.2, 0.25) is 0 Å². The van der Waals surface area contributed by atoms with E-state index in [-0.39, 0.29) is 41.0 Å². The van der Waals surface area contributed by atoms with Gasteiger partial charge in [-0.15, -0.1) is 0 Å². The van der Waals surface area contributed by atoms with Crippen LogP contribution in [0.3, 0.4) is 0 Å². The summed E-state index contributed by atoms with van der Waals surface area (Å²) in [6, 6.07) is 14.2. The van der Waals surface area contributed by atoms with E-state index >= 15 is 0 Å². The van der Waals surface area contributed by atoms with Crippen LogP contribution in [-0.2, 0) is 20.7 Å². The van der Waals surface area contributed by atoms with Crippen molar-refractivity contribution in [3.63, 3.8) is 0 Å². The molecule has 6 nitrogen and oxygen atoms in total. The number of hydrogen-bond donors (Lipinski definition) is 0. The lowest BCUT2D eigenvalue weighted by molar-refractivity contribution is -0.140. The van der Waals surface area contributed by atoms with Gasteiger partial charge >= 0.3 is 0 Å². The Balaban J connectivity index is 1.99. The van der Waals surface area contributed by atoms with Crippen LogP contribution in [0.4, 0.5) is 0 Å². The molecule has 3 rings (SSSR count). The standard InChI is InChI=1S/C36H50O6/c1-8-41-32-21-29(22-33(42-9-2)34(32)26(4)37)25(3)30(15-16-35(6,7)23-28-13-11-10-12-14-28)31(39)24-36(27(5)38)17-19-40-20-18-36/h10-14,21-22,25,30H,8-9,15-20,23-24H2,1-7H3/t25-,30?/m1/s1. The van der Waals surface area contributed by atoms with Crippen LogP contribution >= 0.6 is 0 Å². The minimum atomic E-state index is -0.668. The van der Waals surface area contributed by atoms with Crippen molar-refractivity contribution in [3.8, 4) is 11.5 Å². The molecule has 1 aliphatic heterocycles. The summed E-state index contributed by atoms with van der Waals surface area (Å²) in [5.41, 5.74) is 1.91. The number of carbonyl (C=O) groups is 3. The van der Waals surface area contributed by atoms with Gasteiger partial charge in [-0.1, -0.05) is 51.1 Å². The molecule has 1 saturated heterocycles. The fourth-order valence-electron chi connectivity index (χ4n) is 6.34. The molecule has 0 bridgehead atoms. The van der Waals surface area contributed by atoms with Crippen molar-refractivity contribution >= 4 is 17.3 Å². The topological polar surface area (TPSA) is 78.9 Å². The first kappa shape index (κ1) is 33.5. The lowest BCUT2D eigenvalue weighted by atomic mass is 9.68. The van der Waals surface area contributed by atoms with Crippen LogP contribution in [-0.4, -0.2) is 43.8 Å². The Morgan fingerprint density at radius 1 is 0.952 bits per heavy atom. The SMILES string of the molecule is CCOc1cc([C@@H](C)C(CCC(C)(C)Cc2ccccc2)C(=O)CC2(C(C)=O)CCOCC2)cc(OCC)c1C(C)=O. The number of ketones is 3. The molecule has 6 heteroatoms. The van der Waals surface area contributed by atoms with Gasteiger partial charge in [0, 0.05) is 31.0 Å². The summed E-state index contributed by atoms with van der Waals surface area (Å²) < 4.78 is 17.4. The Kier molecular flexibility index (Phi) is 11.9. The van der Waals surface area contributed by atoms with Gasteiger partial charge in [-0.05, 0) is 94.4 Å². The Bertz CT molecular complexity index is 1180. The van der Waals surface area contributed by atoms with Crippen molar-refractivity contribution < 1.29 is 28.6 Å². The molecule has 42 heavy (non-hydrogen) atoms. The number of hydrogen-bond acceptors (Lipinski definition) is 6. The summed E-state index contributed by atoms with van der Waals surface area (Å²) in [7, 11) is 0. The summed E-state index contributed by atoms with van der Waals surface area (Å²) in [5.74, 6) is 0.537. The first-order chi connectivity index (χ1) is 19.9. The predicted octanol–water partition coefficient (Wildman–Crippen LogP) is 7.80. The van der Waals surface area contributed by atoms with E-state index in [4.69, 9.17) is 14.2 Å². The molecule has 230 valence electrons. The second kappa shape index (κ2) is 15.0. The average Bonchev–Trinajstić information content (AvgIpc) is 2.93. The maximum Gasteiger partial charge on any atom is 0.167 e. The normalized spacial score (nSPS) is 16.4. The minimum absolute atomic E-state index is 0.0258. The third kappa shape index (κ3) is 8.53. The summed E-state index contributed by atoms with van der Waals surface area (Å²) in [5, 5.41) is 0. The van der Waals surface area contributed by atoms with Gasteiger partial charge in [0.15, 0.2) is 5.78 Å². The van der Waals surface area contributed by atoms with Crippen LogP contribution in [0.2, 0.25) is 0 Å². The van der Waals surface area contributed by atoms with E-state index in [9.17, 15) is 14.4 Å². The molecule has 0 N–H and O–H groups in total. The molecular weight excluding hydrogens is 528 g/mol. The third-order valence-electron chi connectivity index (χ3n) is 8.95. The quantitative estimate of drug-likeness (QED) is 0.189. The van der Waals surface area contributed by atoms with Crippen molar-refractivity contribution in [2.24, 2.45) is 16.7 Å². The van der Waals surface area contributed by atoms with Gasteiger partial charge in [-0.25, -0.2) is 0 Å². The van der Waals surface area contributed by atoms with E-state index < -0.39 is 5.41 Å². The monoisotopic (exact) mass is 578 g/mol. The molecule has 2 aromatic carbocycles. The average molecular weight is 579 g/mol. The summed E-state index contributed by atoms with van der Waals surface area (Å²) >= 11 is 0. The van der Waals surface area contributed by atoms with Crippen LogP contribution < -0.4 is 9.47 Å². The van der Waals surface area contributed by atoms with E-state index in [0.717, 1.165) is 18.4 Å².